The van der Waals surface area contributed by atoms with Gasteiger partial charge in [-0.2, -0.15) is 4.98 Å². The van der Waals surface area contributed by atoms with Gasteiger partial charge in [-0.05, 0) is 62.1 Å². The maximum atomic E-state index is 14.7. The van der Waals surface area contributed by atoms with E-state index in [9.17, 15) is 9.18 Å². The molecule has 0 radical (unpaired) electrons. The summed E-state index contributed by atoms with van der Waals surface area (Å²) in [5, 5.41) is 7.24. The van der Waals surface area contributed by atoms with Crippen LogP contribution in [0.3, 0.4) is 0 Å². The van der Waals surface area contributed by atoms with Crippen molar-refractivity contribution >= 4 is 22.7 Å². The van der Waals surface area contributed by atoms with Gasteiger partial charge in [0, 0.05) is 41.8 Å². The number of nitrogens with one attached hydrogen (secondary N) is 2. The first-order chi connectivity index (χ1) is 17.6. The smallest absolute Gasteiger partial charge is 0.278 e. The minimum atomic E-state index is -0.506. The van der Waals surface area contributed by atoms with Gasteiger partial charge >= 0.3 is 0 Å². The van der Waals surface area contributed by atoms with E-state index < -0.39 is 5.41 Å². The molecule has 1 saturated carbocycles. The number of fused-ring (bicyclic) bond motifs is 3. The average Bonchev–Trinajstić information content (AvgIpc) is 3.54. The SMILES string of the molecule is CC(C)n1c(=O)c2cnc(Nc3ccc4c(c3)CNCC43CC3)nc2n1-c1ccc(F)c(C(C)(C)C)n1. The Morgan fingerprint density at radius 1 is 1.14 bits per heavy atom. The summed E-state index contributed by atoms with van der Waals surface area (Å²) in [5.41, 5.74) is 3.97. The van der Waals surface area contributed by atoms with Crippen molar-refractivity contribution in [2.45, 2.75) is 70.9 Å². The van der Waals surface area contributed by atoms with Crippen molar-refractivity contribution in [1.82, 2.24) is 29.6 Å². The number of anilines is 2. The van der Waals surface area contributed by atoms with Crippen molar-refractivity contribution < 1.29 is 4.39 Å². The molecule has 9 heteroatoms. The third-order valence-corrected chi connectivity index (χ3v) is 7.44. The lowest BCUT2D eigenvalue weighted by molar-refractivity contribution is 0.462. The third-order valence-electron chi connectivity index (χ3n) is 7.44. The lowest BCUT2D eigenvalue weighted by Gasteiger charge is -2.26. The van der Waals surface area contributed by atoms with E-state index in [0.29, 0.717) is 33.9 Å². The van der Waals surface area contributed by atoms with E-state index in [1.807, 2.05) is 34.6 Å². The number of aromatic nitrogens is 5. The maximum Gasteiger partial charge on any atom is 0.278 e. The summed E-state index contributed by atoms with van der Waals surface area (Å²) in [6.07, 6.45) is 4.02. The largest absolute Gasteiger partial charge is 0.324 e. The van der Waals surface area contributed by atoms with Crippen LogP contribution in [-0.4, -0.2) is 30.9 Å². The predicted molar refractivity (Wildman–Crippen MR) is 142 cm³/mol. The molecule has 2 N–H and O–H groups in total. The standard InChI is InChI=1S/C28H32FN7O/c1-16(2)35-25(37)19-14-31-26(32-18-6-7-20-17(12-18)13-30-15-28(20)10-11-28)34-24(19)36(35)22-9-8-21(29)23(33-22)27(3,4)5/h6-9,12,14,16,30H,10-11,13,15H2,1-5H3,(H,31,32,34). The molecule has 1 fully saturated rings. The highest BCUT2D eigenvalue weighted by molar-refractivity contribution is 5.77. The highest BCUT2D eigenvalue weighted by atomic mass is 19.1. The second kappa shape index (κ2) is 8.21. The van der Waals surface area contributed by atoms with Crippen LogP contribution in [0.5, 0.6) is 0 Å². The van der Waals surface area contributed by atoms with Crippen LogP contribution < -0.4 is 16.2 Å². The number of rotatable bonds is 4. The van der Waals surface area contributed by atoms with Crippen LogP contribution in [0.2, 0.25) is 0 Å². The Kier molecular flexibility index (Phi) is 5.28. The molecule has 37 heavy (non-hydrogen) atoms. The zero-order chi connectivity index (χ0) is 26.1. The molecule has 0 amide bonds. The molecule has 6 rings (SSSR count). The Bertz CT molecular complexity index is 1590. The molecule has 1 aromatic carbocycles. The van der Waals surface area contributed by atoms with Gasteiger partial charge in [0.2, 0.25) is 5.95 Å². The first-order valence-corrected chi connectivity index (χ1v) is 12.9. The van der Waals surface area contributed by atoms with Gasteiger partial charge in [-0.1, -0.05) is 26.8 Å². The zero-order valence-electron chi connectivity index (χ0n) is 21.9. The number of halogens is 1. The molecule has 0 unspecified atom stereocenters. The van der Waals surface area contributed by atoms with Gasteiger partial charge < -0.3 is 10.6 Å². The second-order valence-electron chi connectivity index (χ2n) is 11.6. The number of benzene rings is 1. The van der Waals surface area contributed by atoms with Crippen LogP contribution in [0, 0.1) is 5.82 Å². The maximum absolute atomic E-state index is 14.7. The van der Waals surface area contributed by atoms with E-state index in [2.05, 4.69) is 38.8 Å². The first kappa shape index (κ1) is 23.8. The fourth-order valence-corrected chi connectivity index (χ4v) is 5.41. The van der Waals surface area contributed by atoms with Crippen LogP contribution in [0.1, 0.15) is 70.3 Å². The summed E-state index contributed by atoms with van der Waals surface area (Å²) in [7, 11) is 0. The van der Waals surface area contributed by atoms with E-state index in [0.717, 1.165) is 18.8 Å². The average molecular weight is 502 g/mol. The van der Waals surface area contributed by atoms with Crippen LogP contribution in [-0.2, 0) is 17.4 Å². The van der Waals surface area contributed by atoms with Crippen molar-refractivity contribution in [3.05, 3.63) is 69.5 Å². The Balaban J connectivity index is 1.45. The fourth-order valence-electron chi connectivity index (χ4n) is 5.41. The summed E-state index contributed by atoms with van der Waals surface area (Å²) < 4.78 is 17.9. The summed E-state index contributed by atoms with van der Waals surface area (Å²) in [6, 6.07) is 9.25. The first-order valence-electron chi connectivity index (χ1n) is 12.9. The summed E-state index contributed by atoms with van der Waals surface area (Å²) in [5.74, 6) is 0.439. The summed E-state index contributed by atoms with van der Waals surface area (Å²) >= 11 is 0. The number of hydrogen-bond acceptors (Lipinski definition) is 6. The topological polar surface area (TPSA) is 89.7 Å². The van der Waals surface area contributed by atoms with Gasteiger partial charge in [-0.15, -0.1) is 0 Å². The van der Waals surface area contributed by atoms with E-state index in [1.54, 1.807) is 21.6 Å². The lowest BCUT2D eigenvalue weighted by atomic mass is 9.88. The molecule has 1 spiro atoms. The van der Waals surface area contributed by atoms with Gasteiger partial charge in [0.15, 0.2) is 11.5 Å². The normalized spacial score (nSPS) is 16.4. The minimum absolute atomic E-state index is 0.175. The fraction of sp³-hybridized carbons (Fsp3) is 0.429. The van der Waals surface area contributed by atoms with Gasteiger partial charge in [0.1, 0.15) is 11.2 Å². The molecule has 1 aliphatic carbocycles. The van der Waals surface area contributed by atoms with Gasteiger partial charge in [-0.25, -0.2) is 23.7 Å². The monoisotopic (exact) mass is 501 g/mol. The number of hydrogen-bond donors (Lipinski definition) is 2. The molecule has 3 aromatic heterocycles. The van der Waals surface area contributed by atoms with E-state index in [4.69, 9.17) is 4.98 Å². The highest BCUT2D eigenvalue weighted by Crippen LogP contribution is 2.50. The Labute approximate surface area is 214 Å². The van der Waals surface area contributed by atoms with Crippen LogP contribution in [0.4, 0.5) is 16.0 Å². The Morgan fingerprint density at radius 3 is 2.62 bits per heavy atom. The van der Waals surface area contributed by atoms with Crippen molar-refractivity contribution in [3.8, 4) is 5.82 Å². The molecule has 2 aliphatic rings. The van der Waals surface area contributed by atoms with Gasteiger partial charge in [0.05, 0.1) is 5.69 Å². The van der Waals surface area contributed by atoms with Crippen molar-refractivity contribution in [2.75, 3.05) is 11.9 Å². The third kappa shape index (κ3) is 3.92. The molecule has 4 aromatic rings. The molecule has 4 heterocycles. The second-order valence-corrected chi connectivity index (χ2v) is 11.6. The highest BCUT2D eigenvalue weighted by Gasteiger charge is 2.46. The molecule has 192 valence electrons. The number of pyridine rings is 1. The number of nitrogens with zero attached hydrogens (tertiary/aromatic N) is 5. The Hall–Kier alpha value is -3.59. The minimum Gasteiger partial charge on any atom is -0.324 e. The molecule has 0 atom stereocenters. The van der Waals surface area contributed by atoms with Gasteiger partial charge in [0.25, 0.3) is 5.56 Å². The van der Waals surface area contributed by atoms with Crippen molar-refractivity contribution in [3.63, 3.8) is 0 Å². The van der Waals surface area contributed by atoms with Crippen LogP contribution in [0.25, 0.3) is 16.9 Å². The zero-order valence-corrected chi connectivity index (χ0v) is 21.9. The molecule has 0 bridgehead atoms. The summed E-state index contributed by atoms with van der Waals surface area (Å²) in [6.45, 7) is 11.5. The van der Waals surface area contributed by atoms with Crippen LogP contribution >= 0.6 is 0 Å². The predicted octanol–water partition coefficient (Wildman–Crippen LogP) is 4.87. The molecular weight excluding hydrogens is 469 g/mol. The van der Waals surface area contributed by atoms with Gasteiger partial charge in [-0.3, -0.25) is 4.79 Å². The van der Waals surface area contributed by atoms with Crippen molar-refractivity contribution in [2.24, 2.45) is 0 Å². The Morgan fingerprint density at radius 2 is 1.92 bits per heavy atom. The summed E-state index contributed by atoms with van der Waals surface area (Å²) in [4.78, 5) is 27.2. The molecular formula is C28H32FN7O. The molecule has 0 saturated heterocycles. The quantitative estimate of drug-likeness (QED) is 0.415. The molecule has 1 aliphatic heterocycles. The molecule has 8 nitrogen and oxygen atoms in total. The van der Waals surface area contributed by atoms with E-state index in [1.165, 1.54) is 30.0 Å². The lowest BCUT2D eigenvalue weighted by Crippen LogP contribution is -2.33. The van der Waals surface area contributed by atoms with Crippen LogP contribution in [0.15, 0.2) is 41.3 Å². The van der Waals surface area contributed by atoms with E-state index in [-0.39, 0.29) is 17.4 Å². The van der Waals surface area contributed by atoms with E-state index >= 15 is 0 Å². The van der Waals surface area contributed by atoms with Crippen molar-refractivity contribution in [1.29, 1.82) is 0 Å².